The Balaban J connectivity index is 1.43. The third-order valence-electron chi connectivity index (χ3n) is 5.26. The van der Waals surface area contributed by atoms with Gasteiger partial charge in [-0.2, -0.15) is 5.10 Å². The number of halogens is 1. The van der Waals surface area contributed by atoms with Crippen LogP contribution in [-0.2, 0) is 4.79 Å². The maximum Gasteiger partial charge on any atom is 0.246 e. The highest BCUT2D eigenvalue weighted by molar-refractivity contribution is 5.92. The first kappa shape index (κ1) is 20.7. The number of rotatable bonds is 4. The van der Waals surface area contributed by atoms with Gasteiger partial charge in [-0.3, -0.25) is 4.79 Å². The van der Waals surface area contributed by atoms with Crippen LogP contribution in [0.15, 0.2) is 42.5 Å². The number of piperazine rings is 1. The Labute approximate surface area is 180 Å². The molecule has 1 fully saturated rings. The Morgan fingerprint density at radius 1 is 1.00 bits per heavy atom. The van der Waals surface area contributed by atoms with Crippen molar-refractivity contribution in [3.05, 3.63) is 71.1 Å². The number of benzene rings is 1. The van der Waals surface area contributed by atoms with E-state index in [-0.39, 0.29) is 11.7 Å². The summed E-state index contributed by atoms with van der Waals surface area (Å²) in [6.07, 6.45) is 2.96. The number of nitrogens with zero attached hydrogens (tertiary/aromatic N) is 6. The molecule has 4 rings (SSSR count). The summed E-state index contributed by atoms with van der Waals surface area (Å²) in [5.74, 6) is 1.77. The summed E-state index contributed by atoms with van der Waals surface area (Å²) in [7, 11) is 0. The Morgan fingerprint density at radius 3 is 2.39 bits per heavy atom. The second-order valence-electron chi connectivity index (χ2n) is 7.64. The van der Waals surface area contributed by atoms with Crippen LogP contribution in [-0.4, -0.2) is 56.7 Å². The quantitative estimate of drug-likeness (QED) is 0.607. The summed E-state index contributed by atoms with van der Waals surface area (Å²) in [6.45, 7) is 8.27. The molecule has 0 saturated carbocycles. The Hall–Kier alpha value is -3.55. The molecule has 1 amide bonds. The molecule has 0 radical (unpaired) electrons. The summed E-state index contributed by atoms with van der Waals surface area (Å²) >= 11 is 0. The van der Waals surface area contributed by atoms with Crippen LogP contribution in [0.2, 0.25) is 0 Å². The molecule has 1 aromatic carbocycles. The Morgan fingerprint density at radius 2 is 1.71 bits per heavy atom. The van der Waals surface area contributed by atoms with Crippen LogP contribution >= 0.6 is 0 Å². The Kier molecular flexibility index (Phi) is 5.79. The minimum atomic E-state index is -0.339. The standard InChI is InChI=1S/C23H25FN6O/c1-16-14-17(2)30(27-16)22-15-21(25-18(3)26-22)28-10-12-29(13-11-28)23(31)9-8-19-6-4-5-7-20(19)24/h4-9,14-15H,10-13H2,1-3H3/b9-8+. The lowest BCUT2D eigenvalue weighted by molar-refractivity contribution is -0.126. The van der Waals surface area contributed by atoms with Gasteiger partial charge in [0.1, 0.15) is 17.5 Å². The van der Waals surface area contributed by atoms with Gasteiger partial charge in [0.2, 0.25) is 5.91 Å². The minimum Gasteiger partial charge on any atom is -0.353 e. The van der Waals surface area contributed by atoms with Crippen LogP contribution in [0.3, 0.4) is 0 Å². The SMILES string of the molecule is Cc1cc(C)n(-c2cc(N3CCN(C(=O)/C=C/c4ccccc4F)CC3)nc(C)n2)n1. The second kappa shape index (κ2) is 8.67. The van der Waals surface area contributed by atoms with Crippen LogP contribution in [0.1, 0.15) is 22.8 Å². The van der Waals surface area contributed by atoms with Crippen LogP contribution < -0.4 is 4.90 Å². The lowest BCUT2D eigenvalue weighted by atomic mass is 10.2. The third-order valence-corrected chi connectivity index (χ3v) is 5.26. The number of carbonyl (C=O) groups excluding carboxylic acids is 1. The molecule has 160 valence electrons. The van der Waals surface area contributed by atoms with Crippen molar-refractivity contribution in [3.63, 3.8) is 0 Å². The van der Waals surface area contributed by atoms with Crippen molar-refractivity contribution < 1.29 is 9.18 Å². The van der Waals surface area contributed by atoms with Gasteiger partial charge in [-0.25, -0.2) is 19.0 Å². The molecule has 1 aliphatic rings. The fraction of sp³-hybridized carbons (Fsp3) is 0.304. The number of hydrogen-bond donors (Lipinski definition) is 0. The van der Waals surface area contributed by atoms with Crippen molar-refractivity contribution in [1.82, 2.24) is 24.6 Å². The third kappa shape index (κ3) is 4.63. The first-order valence-corrected chi connectivity index (χ1v) is 10.3. The van der Waals surface area contributed by atoms with E-state index < -0.39 is 0 Å². The first-order chi connectivity index (χ1) is 14.9. The molecule has 1 aliphatic heterocycles. The van der Waals surface area contributed by atoms with Gasteiger partial charge >= 0.3 is 0 Å². The number of hydrogen-bond acceptors (Lipinski definition) is 5. The highest BCUT2D eigenvalue weighted by Gasteiger charge is 2.22. The zero-order valence-electron chi connectivity index (χ0n) is 17.9. The zero-order chi connectivity index (χ0) is 22.0. The summed E-state index contributed by atoms with van der Waals surface area (Å²) in [4.78, 5) is 25.6. The molecule has 3 aromatic rings. The van der Waals surface area contributed by atoms with Gasteiger partial charge in [0.15, 0.2) is 5.82 Å². The lowest BCUT2D eigenvalue weighted by Crippen LogP contribution is -2.48. The predicted molar refractivity (Wildman–Crippen MR) is 118 cm³/mol. The molecule has 0 spiro atoms. The van der Waals surface area contributed by atoms with Gasteiger partial charge in [-0.15, -0.1) is 0 Å². The molecule has 2 aromatic heterocycles. The summed E-state index contributed by atoms with van der Waals surface area (Å²) in [5, 5.41) is 4.52. The average Bonchev–Trinajstić information content (AvgIpc) is 3.10. The first-order valence-electron chi connectivity index (χ1n) is 10.3. The highest BCUT2D eigenvalue weighted by Crippen LogP contribution is 2.19. The molecule has 0 bridgehead atoms. The van der Waals surface area contributed by atoms with Gasteiger partial charge in [-0.05, 0) is 39.0 Å². The van der Waals surface area contributed by atoms with E-state index in [9.17, 15) is 9.18 Å². The molecule has 1 saturated heterocycles. The topological polar surface area (TPSA) is 67.2 Å². The van der Waals surface area contributed by atoms with E-state index in [4.69, 9.17) is 0 Å². The molecule has 0 atom stereocenters. The summed E-state index contributed by atoms with van der Waals surface area (Å²) in [6, 6.07) is 10.3. The smallest absolute Gasteiger partial charge is 0.246 e. The largest absolute Gasteiger partial charge is 0.353 e. The van der Waals surface area contributed by atoms with Crippen LogP contribution in [0, 0.1) is 26.6 Å². The number of aromatic nitrogens is 4. The number of aryl methyl sites for hydroxylation is 3. The van der Waals surface area contributed by atoms with E-state index in [1.54, 1.807) is 23.1 Å². The monoisotopic (exact) mass is 420 g/mol. The fourth-order valence-corrected chi connectivity index (χ4v) is 3.70. The van der Waals surface area contributed by atoms with Gasteiger partial charge in [0.25, 0.3) is 0 Å². The van der Waals surface area contributed by atoms with Crippen molar-refractivity contribution in [1.29, 1.82) is 0 Å². The van der Waals surface area contributed by atoms with E-state index in [2.05, 4.69) is 20.0 Å². The van der Waals surface area contributed by atoms with Gasteiger partial charge in [0.05, 0.1) is 5.69 Å². The molecule has 7 nitrogen and oxygen atoms in total. The summed E-state index contributed by atoms with van der Waals surface area (Å²) < 4.78 is 15.6. The molecule has 0 aliphatic carbocycles. The molecular formula is C23H25FN6O. The molecule has 31 heavy (non-hydrogen) atoms. The van der Waals surface area contributed by atoms with Crippen LogP contribution in [0.25, 0.3) is 11.9 Å². The normalized spacial score (nSPS) is 14.5. The van der Waals surface area contributed by atoms with E-state index in [0.717, 1.165) is 23.0 Å². The van der Waals surface area contributed by atoms with E-state index >= 15 is 0 Å². The fourth-order valence-electron chi connectivity index (χ4n) is 3.70. The molecule has 0 N–H and O–H groups in total. The maximum absolute atomic E-state index is 13.7. The van der Waals surface area contributed by atoms with E-state index in [1.807, 2.05) is 37.6 Å². The van der Waals surface area contributed by atoms with Crippen molar-refractivity contribution in [2.24, 2.45) is 0 Å². The molecule has 0 unspecified atom stereocenters. The average molecular weight is 420 g/mol. The predicted octanol–water partition coefficient (Wildman–Crippen LogP) is 3.09. The zero-order valence-corrected chi connectivity index (χ0v) is 17.9. The number of carbonyl (C=O) groups is 1. The maximum atomic E-state index is 13.7. The van der Waals surface area contributed by atoms with Crippen molar-refractivity contribution in [2.45, 2.75) is 20.8 Å². The van der Waals surface area contributed by atoms with Crippen molar-refractivity contribution in [2.75, 3.05) is 31.1 Å². The summed E-state index contributed by atoms with van der Waals surface area (Å²) in [5.41, 5.74) is 2.35. The highest BCUT2D eigenvalue weighted by atomic mass is 19.1. The number of anilines is 1. The lowest BCUT2D eigenvalue weighted by Gasteiger charge is -2.35. The molecule has 3 heterocycles. The van der Waals surface area contributed by atoms with Crippen LogP contribution in [0.4, 0.5) is 10.2 Å². The Bertz CT molecular complexity index is 1130. The van der Waals surface area contributed by atoms with Crippen molar-refractivity contribution >= 4 is 17.8 Å². The molecular weight excluding hydrogens is 395 g/mol. The van der Waals surface area contributed by atoms with Gasteiger partial charge < -0.3 is 9.80 Å². The number of amides is 1. The molecule has 8 heteroatoms. The van der Waals surface area contributed by atoms with E-state index in [0.29, 0.717) is 37.6 Å². The van der Waals surface area contributed by atoms with Crippen molar-refractivity contribution in [3.8, 4) is 5.82 Å². The van der Waals surface area contributed by atoms with Crippen LogP contribution in [0.5, 0.6) is 0 Å². The second-order valence-corrected chi connectivity index (χ2v) is 7.64. The minimum absolute atomic E-state index is 0.120. The van der Waals surface area contributed by atoms with E-state index in [1.165, 1.54) is 18.2 Å². The van der Waals surface area contributed by atoms with Gasteiger partial charge in [0, 0.05) is 49.6 Å². The van der Waals surface area contributed by atoms with Gasteiger partial charge in [-0.1, -0.05) is 18.2 Å².